The van der Waals surface area contributed by atoms with Crippen LogP contribution in [0.4, 0.5) is 0 Å². The minimum Gasteiger partial charge on any atom is -0.354 e. The maximum Gasteiger partial charge on any atom is 0.238 e. The highest BCUT2D eigenvalue weighted by Gasteiger charge is 2.29. The summed E-state index contributed by atoms with van der Waals surface area (Å²) in [7, 11) is -3.36. The first kappa shape index (κ1) is 20.9. The number of sulfone groups is 1. The fourth-order valence-electron chi connectivity index (χ4n) is 2.91. The molecule has 1 unspecified atom stereocenters. The predicted molar refractivity (Wildman–Crippen MR) is 94.2 cm³/mol. The van der Waals surface area contributed by atoms with Crippen LogP contribution in [-0.2, 0) is 19.4 Å². The summed E-state index contributed by atoms with van der Waals surface area (Å²) in [6, 6.07) is -0.126. The minimum atomic E-state index is -3.36. The first-order chi connectivity index (χ1) is 11.4. The topological polar surface area (TPSA) is 110 Å². The molecule has 0 radical (unpaired) electrons. The smallest absolute Gasteiger partial charge is 0.238 e. The van der Waals surface area contributed by atoms with Crippen LogP contribution < -0.4 is 11.1 Å². The van der Waals surface area contributed by atoms with E-state index in [4.69, 9.17) is 5.73 Å². The maximum atomic E-state index is 12.4. The van der Waals surface area contributed by atoms with Gasteiger partial charge in [0.05, 0.1) is 5.75 Å². The zero-order chi connectivity index (χ0) is 18.0. The third-order valence-electron chi connectivity index (χ3n) is 4.26. The van der Waals surface area contributed by atoms with Crippen molar-refractivity contribution in [2.45, 2.75) is 57.9 Å². The lowest BCUT2D eigenvalue weighted by atomic mass is 10.0. The van der Waals surface area contributed by atoms with Gasteiger partial charge in [0.1, 0.15) is 5.75 Å². The zero-order valence-corrected chi connectivity index (χ0v) is 15.4. The highest BCUT2D eigenvalue weighted by atomic mass is 32.2. The van der Waals surface area contributed by atoms with Crippen LogP contribution in [-0.4, -0.2) is 62.3 Å². The third kappa shape index (κ3) is 7.61. The normalized spacial score (nSPS) is 18.4. The molecule has 0 aliphatic carbocycles. The Morgan fingerprint density at radius 1 is 1.25 bits per heavy atom. The Morgan fingerprint density at radius 3 is 2.67 bits per heavy atom. The molecule has 3 N–H and O–H groups in total. The number of unbranched alkanes of at least 4 members (excludes halogenated alkanes) is 2. The van der Waals surface area contributed by atoms with E-state index >= 15 is 0 Å². The van der Waals surface area contributed by atoms with Gasteiger partial charge in [-0.05, 0) is 25.7 Å². The lowest BCUT2D eigenvalue weighted by molar-refractivity contribution is -0.132. The molecule has 0 saturated carbocycles. The summed E-state index contributed by atoms with van der Waals surface area (Å²) in [5.74, 6) is -0.839. The zero-order valence-electron chi connectivity index (χ0n) is 14.6. The number of piperidine rings is 1. The minimum absolute atomic E-state index is 0.0678. The summed E-state index contributed by atoms with van der Waals surface area (Å²) < 4.78 is 24.2. The summed E-state index contributed by atoms with van der Waals surface area (Å²) >= 11 is 0. The van der Waals surface area contributed by atoms with Crippen LogP contribution in [0.3, 0.4) is 0 Å². The molecule has 1 heterocycles. The molecule has 140 valence electrons. The van der Waals surface area contributed by atoms with Crippen LogP contribution in [0, 0.1) is 0 Å². The molecule has 1 atom stereocenters. The highest BCUT2D eigenvalue weighted by Crippen LogP contribution is 2.17. The van der Waals surface area contributed by atoms with Gasteiger partial charge in [-0.2, -0.15) is 0 Å². The van der Waals surface area contributed by atoms with Crippen molar-refractivity contribution in [2.24, 2.45) is 5.73 Å². The van der Waals surface area contributed by atoms with Crippen molar-refractivity contribution in [3.63, 3.8) is 0 Å². The van der Waals surface area contributed by atoms with E-state index in [1.165, 1.54) is 0 Å². The van der Waals surface area contributed by atoms with E-state index in [0.29, 0.717) is 19.5 Å². The Kier molecular flexibility index (Phi) is 9.28. The van der Waals surface area contributed by atoms with E-state index in [9.17, 15) is 18.0 Å². The number of likely N-dealkylation sites (tertiary alicyclic amines) is 1. The van der Waals surface area contributed by atoms with Crippen LogP contribution in [0.15, 0.2) is 0 Å². The van der Waals surface area contributed by atoms with E-state index in [0.717, 1.165) is 32.1 Å². The van der Waals surface area contributed by atoms with Crippen LogP contribution in [0.25, 0.3) is 0 Å². The SMILES string of the molecule is CCCCCS(=O)(=O)CC(=O)N1CCCCC1CNC(=O)CCN. The molecule has 0 bridgehead atoms. The van der Waals surface area contributed by atoms with Crippen LogP contribution >= 0.6 is 0 Å². The van der Waals surface area contributed by atoms with E-state index < -0.39 is 15.6 Å². The molecular formula is C16H31N3O4S. The van der Waals surface area contributed by atoms with E-state index in [2.05, 4.69) is 5.32 Å². The number of hydrogen-bond donors (Lipinski definition) is 2. The summed E-state index contributed by atoms with van der Waals surface area (Å²) in [6.45, 7) is 3.21. The van der Waals surface area contributed by atoms with Gasteiger partial charge in [-0.15, -0.1) is 0 Å². The Morgan fingerprint density at radius 2 is 2.00 bits per heavy atom. The van der Waals surface area contributed by atoms with E-state index in [-0.39, 0.29) is 36.6 Å². The summed E-state index contributed by atoms with van der Waals surface area (Å²) in [4.78, 5) is 25.6. The molecule has 0 spiro atoms. The number of nitrogens with one attached hydrogen (secondary N) is 1. The van der Waals surface area contributed by atoms with Gasteiger partial charge in [0.2, 0.25) is 11.8 Å². The Balaban J connectivity index is 2.56. The van der Waals surface area contributed by atoms with Crippen molar-refractivity contribution in [1.29, 1.82) is 0 Å². The number of nitrogens with two attached hydrogens (primary N) is 1. The Labute approximate surface area is 145 Å². The van der Waals surface area contributed by atoms with Crippen LogP contribution in [0.5, 0.6) is 0 Å². The molecule has 8 heteroatoms. The average molecular weight is 362 g/mol. The van der Waals surface area contributed by atoms with Gasteiger partial charge in [-0.3, -0.25) is 9.59 Å². The summed E-state index contributed by atoms with van der Waals surface area (Å²) in [5.41, 5.74) is 5.34. The molecule has 2 amide bonds. The number of rotatable bonds is 10. The molecule has 1 aliphatic heterocycles. The van der Waals surface area contributed by atoms with Gasteiger partial charge in [-0.25, -0.2) is 8.42 Å². The van der Waals surface area contributed by atoms with Crippen molar-refractivity contribution < 1.29 is 18.0 Å². The molecule has 1 aliphatic rings. The van der Waals surface area contributed by atoms with Crippen molar-refractivity contribution in [2.75, 3.05) is 31.1 Å². The Bertz CT molecular complexity index is 507. The van der Waals surface area contributed by atoms with Gasteiger partial charge < -0.3 is 16.0 Å². The number of amides is 2. The van der Waals surface area contributed by atoms with Crippen molar-refractivity contribution in [3.8, 4) is 0 Å². The largest absolute Gasteiger partial charge is 0.354 e. The molecule has 0 aromatic heterocycles. The molecule has 0 aromatic carbocycles. The molecule has 7 nitrogen and oxygen atoms in total. The van der Waals surface area contributed by atoms with Crippen molar-refractivity contribution >= 4 is 21.7 Å². The van der Waals surface area contributed by atoms with Crippen molar-refractivity contribution in [3.05, 3.63) is 0 Å². The standard InChI is InChI=1S/C16H31N3O4S/c1-2-3-6-11-24(22,23)13-16(21)19-10-5-4-7-14(19)12-18-15(20)8-9-17/h14H,2-13,17H2,1H3,(H,18,20). The second-order valence-electron chi connectivity index (χ2n) is 6.38. The maximum absolute atomic E-state index is 12.4. The molecule has 1 rings (SSSR count). The summed E-state index contributed by atoms with van der Waals surface area (Å²) in [6.07, 6.45) is 5.29. The van der Waals surface area contributed by atoms with Gasteiger partial charge in [0.25, 0.3) is 0 Å². The molecule has 24 heavy (non-hydrogen) atoms. The predicted octanol–water partition coefficient (Wildman–Crippen LogP) is 0.438. The van der Waals surface area contributed by atoms with Gasteiger partial charge in [0, 0.05) is 32.1 Å². The number of carbonyl (C=O) groups is 2. The van der Waals surface area contributed by atoms with Crippen LogP contribution in [0.2, 0.25) is 0 Å². The summed E-state index contributed by atoms with van der Waals surface area (Å²) in [5, 5.41) is 2.78. The van der Waals surface area contributed by atoms with Crippen molar-refractivity contribution in [1.82, 2.24) is 10.2 Å². The quantitative estimate of drug-likeness (QED) is 0.549. The van der Waals surface area contributed by atoms with Crippen LogP contribution in [0.1, 0.15) is 51.9 Å². The van der Waals surface area contributed by atoms with E-state index in [1.807, 2.05) is 6.92 Å². The van der Waals surface area contributed by atoms with Gasteiger partial charge in [-0.1, -0.05) is 19.8 Å². The number of nitrogens with zero attached hydrogens (tertiary/aromatic N) is 1. The average Bonchev–Trinajstić information content (AvgIpc) is 2.53. The lowest BCUT2D eigenvalue weighted by Crippen LogP contribution is -2.51. The second kappa shape index (κ2) is 10.7. The molecule has 1 saturated heterocycles. The van der Waals surface area contributed by atoms with Gasteiger partial charge in [0.15, 0.2) is 9.84 Å². The Hall–Kier alpha value is -1.15. The molecular weight excluding hydrogens is 330 g/mol. The first-order valence-electron chi connectivity index (χ1n) is 8.86. The third-order valence-corrected chi connectivity index (χ3v) is 5.85. The fraction of sp³-hybridized carbons (Fsp3) is 0.875. The van der Waals surface area contributed by atoms with Gasteiger partial charge >= 0.3 is 0 Å². The lowest BCUT2D eigenvalue weighted by Gasteiger charge is -2.36. The number of hydrogen-bond acceptors (Lipinski definition) is 5. The van der Waals surface area contributed by atoms with E-state index in [1.54, 1.807) is 4.90 Å². The monoisotopic (exact) mass is 361 g/mol. The first-order valence-corrected chi connectivity index (χ1v) is 10.7. The molecule has 0 aromatic rings. The number of carbonyl (C=O) groups excluding carboxylic acids is 2. The molecule has 1 fully saturated rings. The fourth-order valence-corrected chi connectivity index (χ4v) is 4.24. The second-order valence-corrected chi connectivity index (χ2v) is 8.56. The highest BCUT2D eigenvalue weighted by molar-refractivity contribution is 7.92.